The lowest BCUT2D eigenvalue weighted by molar-refractivity contribution is -0.108. The second-order valence-electron chi connectivity index (χ2n) is 4.03. The fraction of sp³-hybridized carbons (Fsp3) is 0.417. The zero-order chi connectivity index (χ0) is 10.0. The first-order chi connectivity index (χ1) is 6.76. The molecule has 1 aromatic carbocycles. The molecule has 1 aliphatic heterocycles. The Hall–Kier alpha value is -0.760. The highest BCUT2D eigenvalue weighted by Crippen LogP contribution is 2.42. The van der Waals surface area contributed by atoms with Crippen LogP contribution in [-0.4, -0.2) is 12.0 Å². The molecule has 1 nitrogen and oxygen atoms in total. The van der Waals surface area contributed by atoms with Crippen LogP contribution in [0.25, 0.3) is 0 Å². The van der Waals surface area contributed by atoms with Crippen molar-refractivity contribution >= 4 is 18.0 Å². The second-order valence-corrected chi connectivity index (χ2v) is 5.16. The zero-order valence-corrected chi connectivity index (χ0v) is 9.14. The summed E-state index contributed by atoms with van der Waals surface area (Å²) in [4.78, 5) is 12.0. The molecule has 1 heterocycles. The van der Waals surface area contributed by atoms with Gasteiger partial charge in [-0.15, -0.1) is 11.8 Å². The van der Waals surface area contributed by atoms with Crippen molar-refractivity contribution in [3.63, 3.8) is 0 Å². The van der Waals surface area contributed by atoms with Gasteiger partial charge in [0.25, 0.3) is 0 Å². The highest BCUT2D eigenvalue weighted by Gasteiger charge is 2.31. The van der Waals surface area contributed by atoms with Gasteiger partial charge in [0, 0.05) is 16.7 Å². The third-order valence-electron chi connectivity index (χ3n) is 2.98. The van der Waals surface area contributed by atoms with Crippen molar-refractivity contribution < 1.29 is 4.79 Å². The van der Waals surface area contributed by atoms with Gasteiger partial charge in [0.2, 0.25) is 0 Å². The molecule has 1 aliphatic rings. The third kappa shape index (κ3) is 1.59. The molecule has 0 spiro atoms. The van der Waals surface area contributed by atoms with Gasteiger partial charge in [0.1, 0.15) is 6.29 Å². The molecule has 0 N–H and O–H groups in total. The molecule has 0 bridgehead atoms. The molecule has 0 fully saturated rings. The average Bonchev–Trinajstić information content (AvgIpc) is 2.19. The molecule has 1 unspecified atom stereocenters. The normalized spacial score (nSPS) is 25.5. The Balaban J connectivity index is 2.44. The molecular formula is C12H14OS. The molecule has 0 amide bonds. The van der Waals surface area contributed by atoms with E-state index in [1.807, 2.05) is 11.8 Å². The summed E-state index contributed by atoms with van der Waals surface area (Å²) in [5, 5.41) is 0. The highest BCUT2D eigenvalue weighted by atomic mass is 32.2. The second kappa shape index (κ2) is 3.77. The molecular weight excluding hydrogens is 192 g/mol. The first-order valence-corrected chi connectivity index (χ1v) is 5.91. The van der Waals surface area contributed by atoms with E-state index in [-0.39, 0.29) is 5.41 Å². The van der Waals surface area contributed by atoms with Gasteiger partial charge in [0.15, 0.2) is 0 Å². The molecule has 0 aliphatic carbocycles. The summed E-state index contributed by atoms with van der Waals surface area (Å²) in [6.45, 7) is 2.19. The summed E-state index contributed by atoms with van der Waals surface area (Å²) in [5.74, 6) is 1.13. The van der Waals surface area contributed by atoms with Crippen LogP contribution in [0, 0.1) is 0 Å². The molecule has 0 saturated carbocycles. The highest BCUT2D eigenvalue weighted by molar-refractivity contribution is 7.99. The van der Waals surface area contributed by atoms with E-state index >= 15 is 0 Å². The average molecular weight is 206 g/mol. The first kappa shape index (κ1) is 9.78. The van der Waals surface area contributed by atoms with E-state index in [0.717, 1.165) is 18.5 Å². The summed E-state index contributed by atoms with van der Waals surface area (Å²) in [5.41, 5.74) is 1.42. The maximum atomic E-state index is 10.7. The van der Waals surface area contributed by atoms with Gasteiger partial charge >= 0.3 is 0 Å². The lowest BCUT2D eigenvalue weighted by Gasteiger charge is -2.34. The van der Waals surface area contributed by atoms with E-state index in [4.69, 9.17) is 0 Å². The minimum atomic E-state index is 0.0730. The van der Waals surface area contributed by atoms with Crippen LogP contribution >= 0.6 is 11.8 Å². The van der Waals surface area contributed by atoms with Gasteiger partial charge in [-0.3, -0.25) is 0 Å². The Morgan fingerprint density at radius 1 is 1.50 bits per heavy atom. The van der Waals surface area contributed by atoms with Crippen molar-refractivity contribution in [2.45, 2.75) is 30.1 Å². The zero-order valence-electron chi connectivity index (χ0n) is 8.32. The van der Waals surface area contributed by atoms with Crippen LogP contribution in [0.15, 0.2) is 29.2 Å². The van der Waals surface area contributed by atoms with E-state index in [9.17, 15) is 4.79 Å². The minimum Gasteiger partial charge on any atom is -0.303 e. The number of aldehydes is 1. The van der Waals surface area contributed by atoms with Crippen LogP contribution in [-0.2, 0) is 10.2 Å². The van der Waals surface area contributed by atoms with Crippen LogP contribution < -0.4 is 0 Å². The van der Waals surface area contributed by atoms with Crippen LogP contribution in [0.3, 0.4) is 0 Å². The van der Waals surface area contributed by atoms with Crippen molar-refractivity contribution in [1.82, 2.24) is 0 Å². The molecule has 74 valence electrons. The minimum absolute atomic E-state index is 0.0730. The number of carbonyl (C=O) groups is 1. The fourth-order valence-corrected chi connectivity index (χ4v) is 3.43. The lowest BCUT2D eigenvalue weighted by Crippen LogP contribution is -2.27. The SMILES string of the molecule is CC1(CC=O)CCSc2ccccc21. The largest absolute Gasteiger partial charge is 0.303 e. The predicted molar refractivity (Wildman–Crippen MR) is 59.8 cm³/mol. The summed E-state index contributed by atoms with van der Waals surface area (Å²) in [6.07, 6.45) is 2.80. The number of rotatable bonds is 2. The molecule has 1 atom stereocenters. The van der Waals surface area contributed by atoms with Crippen LogP contribution in [0.1, 0.15) is 25.3 Å². The third-order valence-corrected chi connectivity index (χ3v) is 4.06. The number of hydrogen-bond donors (Lipinski definition) is 0. The summed E-state index contributed by atoms with van der Waals surface area (Å²) in [7, 11) is 0. The fourth-order valence-electron chi connectivity index (χ4n) is 2.01. The smallest absolute Gasteiger partial charge is 0.120 e. The van der Waals surface area contributed by atoms with Crippen LogP contribution in [0.4, 0.5) is 0 Å². The van der Waals surface area contributed by atoms with Crippen LogP contribution in [0.2, 0.25) is 0 Å². The van der Waals surface area contributed by atoms with Gasteiger partial charge in [0.05, 0.1) is 0 Å². The Morgan fingerprint density at radius 3 is 3.07 bits per heavy atom. The van der Waals surface area contributed by atoms with Gasteiger partial charge in [-0.25, -0.2) is 0 Å². The number of thioether (sulfide) groups is 1. The summed E-state index contributed by atoms with van der Waals surface area (Å²) >= 11 is 1.90. The summed E-state index contributed by atoms with van der Waals surface area (Å²) < 4.78 is 0. The monoisotopic (exact) mass is 206 g/mol. The van der Waals surface area contributed by atoms with Gasteiger partial charge in [-0.05, 0) is 23.8 Å². The van der Waals surface area contributed by atoms with E-state index in [0.29, 0.717) is 6.42 Å². The maximum Gasteiger partial charge on any atom is 0.120 e. The maximum absolute atomic E-state index is 10.7. The molecule has 0 radical (unpaired) electrons. The van der Waals surface area contributed by atoms with Gasteiger partial charge in [-0.2, -0.15) is 0 Å². The van der Waals surface area contributed by atoms with Crippen molar-refractivity contribution in [2.75, 3.05) is 5.75 Å². The van der Waals surface area contributed by atoms with Crippen LogP contribution in [0.5, 0.6) is 0 Å². The molecule has 0 saturated heterocycles. The Morgan fingerprint density at radius 2 is 2.29 bits per heavy atom. The van der Waals surface area contributed by atoms with Crippen molar-refractivity contribution in [3.05, 3.63) is 29.8 Å². The van der Waals surface area contributed by atoms with E-state index < -0.39 is 0 Å². The van der Waals surface area contributed by atoms with Crippen molar-refractivity contribution in [1.29, 1.82) is 0 Å². The number of benzene rings is 1. The Labute approximate surface area is 88.9 Å². The Kier molecular flexibility index (Phi) is 2.64. The predicted octanol–water partition coefficient (Wildman–Crippen LogP) is 3.03. The van der Waals surface area contributed by atoms with E-state index in [2.05, 4.69) is 31.2 Å². The van der Waals surface area contributed by atoms with Gasteiger partial charge < -0.3 is 4.79 Å². The summed E-state index contributed by atoms with van der Waals surface area (Å²) in [6, 6.07) is 8.44. The van der Waals surface area contributed by atoms with Crippen molar-refractivity contribution in [3.8, 4) is 0 Å². The van der Waals surface area contributed by atoms with Gasteiger partial charge in [-0.1, -0.05) is 25.1 Å². The first-order valence-electron chi connectivity index (χ1n) is 4.92. The lowest BCUT2D eigenvalue weighted by atomic mass is 9.77. The quantitative estimate of drug-likeness (QED) is 0.692. The standard InChI is InChI=1S/C12H14OS/c1-12(6-8-13)7-9-14-11-5-3-2-4-10(11)12/h2-5,8H,6-7,9H2,1H3. The number of hydrogen-bond acceptors (Lipinski definition) is 2. The topological polar surface area (TPSA) is 17.1 Å². The number of fused-ring (bicyclic) bond motifs is 1. The molecule has 0 aromatic heterocycles. The van der Waals surface area contributed by atoms with E-state index in [1.54, 1.807) is 0 Å². The molecule has 2 rings (SSSR count). The Bertz CT molecular complexity index is 348. The molecule has 14 heavy (non-hydrogen) atoms. The van der Waals surface area contributed by atoms with E-state index in [1.165, 1.54) is 10.5 Å². The molecule has 1 aromatic rings. The number of carbonyl (C=O) groups excluding carboxylic acids is 1. The molecule has 2 heteroatoms. The van der Waals surface area contributed by atoms with Crippen molar-refractivity contribution in [2.24, 2.45) is 0 Å².